The van der Waals surface area contributed by atoms with E-state index in [1.807, 2.05) is 0 Å². The standard InChI is InChI=1S/C14H19N3O2S2/c1-10(2)8-15-9-13-16-17-14(20-13)11-4-6-12(7-5-11)21(3,18)19/h4-7,10,15H,8-9H2,1-3H3. The molecule has 0 unspecified atom stereocenters. The van der Waals surface area contributed by atoms with Gasteiger partial charge in [0.25, 0.3) is 0 Å². The number of sulfone groups is 1. The summed E-state index contributed by atoms with van der Waals surface area (Å²) in [5.41, 5.74) is 0.884. The Bertz CT molecular complexity index is 691. The third kappa shape index (κ3) is 4.59. The molecule has 0 radical (unpaired) electrons. The molecule has 2 rings (SSSR count). The van der Waals surface area contributed by atoms with Gasteiger partial charge in [0.05, 0.1) is 4.90 Å². The zero-order chi connectivity index (χ0) is 15.5. The van der Waals surface area contributed by atoms with Crippen LogP contribution in [0.15, 0.2) is 29.2 Å². The van der Waals surface area contributed by atoms with E-state index in [4.69, 9.17) is 0 Å². The van der Waals surface area contributed by atoms with Gasteiger partial charge in [-0.2, -0.15) is 0 Å². The van der Waals surface area contributed by atoms with E-state index in [1.165, 1.54) is 17.6 Å². The molecule has 0 bridgehead atoms. The fourth-order valence-electron chi connectivity index (χ4n) is 1.75. The second-order valence-corrected chi connectivity index (χ2v) is 8.40. The lowest BCUT2D eigenvalue weighted by Crippen LogP contribution is -2.18. The van der Waals surface area contributed by atoms with E-state index in [2.05, 4.69) is 29.4 Å². The van der Waals surface area contributed by atoms with Gasteiger partial charge >= 0.3 is 0 Å². The van der Waals surface area contributed by atoms with Crippen molar-refractivity contribution < 1.29 is 8.42 Å². The summed E-state index contributed by atoms with van der Waals surface area (Å²) in [5, 5.41) is 13.4. The molecule has 0 aliphatic rings. The molecule has 21 heavy (non-hydrogen) atoms. The minimum atomic E-state index is -3.16. The lowest BCUT2D eigenvalue weighted by atomic mass is 10.2. The van der Waals surface area contributed by atoms with Crippen LogP contribution in [-0.4, -0.2) is 31.4 Å². The molecule has 0 aliphatic carbocycles. The van der Waals surface area contributed by atoms with Crippen LogP contribution in [0.4, 0.5) is 0 Å². The first-order valence-corrected chi connectivity index (χ1v) is 9.40. The molecule has 114 valence electrons. The predicted octanol–water partition coefficient (Wildman–Crippen LogP) is 2.35. The smallest absolute Gasteiger partial charge is 0.175 e. The zero-order valence-electron chi connectivity index (χ0n) is 12.3. The molecule has 0 saturated heterocycles. The molecule has 0 saturated carbocycles. The van der Waals surface area contributed by atoms with E-state index in [1.54, 1.807) is 24.3 Å². The van der Waals surface area contributed by atoms with Crippen LogP contribution in [0.5, 0.6) is 0 Å². The first-order valence-electron chi connectivity index (χ1n) is 6.70. The van der Waals surface area contributed by atoms with Gasteiger partial charge in [-0.25, -0.2) is 8.42 Å². The zero-order valence-corrected chi connectivity index (χ0v) is 14.0. The Morgan fingerprint density at radius 2 is 1.86 bits per heavy atom. The van der Waals surface area contributed by atoms with Gasteiger partial charge in [-0.3, -0.25) is 0 Å². The van der Waals surface area contributed by atoms with Gasteiger partial charge in [-0.15, -0.1) is 10.2 Å². The Kier molecular flexibility index (Phi) is 5.08. The van der Waals surface area contributed by atoms with Gasteiger partial charge in [0.1, 0.15) is 10.0 Å². The van der Waals surface area contributed by atoms with Crippen molar-refractivity contribution in [3.8, 4) is 10.6 Å². The van der Waals surface area contributed by atoms with E-state index in [9.17, 15) is 8.42 Å². The highest BCUT2D eigenvalue weighted by molar-refractivity contribution is 7.90. The van der Waals surface area contributed by atoms with Gasteiger partial charge < -0.3 is 5.32 Å². The Hall–Kier alpha value is -1.31. The fourth-order valence-corrected chi connectivity index (χ4v) is 3.20. The van der Waals surface area contributed by atoms with Crippen LogP contribution < -0.4 is 5.32 Å². The minimum Gasteiger partial charge on any atom is -0.310 e. The highest BCUT2D eigenvalue weighted by atomic mass is 32.2. The molecule has 0 atom stereocenters. The van der Waals surface area contributed by atoms with Crippen LogP contribution in [0.3, 0.4) is 0 Å². The van der Waals surface area contributed by atoms with Crippen molar-refractivity contribution in [2.24, 2.45) is 5.92 Å². The summed E-state index contributed by atoms with van der Waals surface area (Å²) in [6.45, 7) is 5.96. The Morgan fingerprint density at radius 3 is 2.43 bits per heavy atom. The van der Waals surface area contributed by atoms with Crippen LogP contribution in [0.25, 0.3) is 10.6 Å². The molecular formula is C14H19N3O2S2. The van der Waals surface area contributed by atoms with Crippen molar-refractivity contribution in [3.05, 3.63) is 29.3 Å². The summed E-state index contributed by atoms with van der Waals surface area (Å²) in [5.74, 6) is 0.598. The van der Waals surface area contributed by atoms with E-state index in [-0.39, 0.29) is 0 Å². The first kappa shape index (κ1) is 16.1. The Morgan fingerprint density at radius 1 is 1.19 bits per heavy atom. The number of hydrogen-bond donors (Lipinski definition) is 1. The predicted molar refractivity (Wildman–Crippen MR) is 85.0 cm³/mol. The lowest BCUT2D eigenvalue weighted by Gasteiger charge is -2.04. The minimum absolute atomic E-state index is 0.314. The summed E-state index contributed by atoms with van der Waals surface area (Å²) in [4.78, 5) is 0.314. The number of hydrogen-bond acceptors (Lipinski definition) is 6. The summed E-state index contributed by atoms with van der Waals surface area (Å²) in [7, 11) is -3.16. The molecule has 5 nitrogen and oxygen atoms in total. The molecule has 0 spiro atoms. The molecule has 1 N–H and O–H groups in total. The SMILES string of the molecule is CC(C)CNCc1nnc(-c2ccc(S(C)(=O)=O)cc2)s1. The number of aromatic nitrogens is 2. The molecule has 2 aromatic rings. The summed E-state index contributed by atoms with van der Waals surface area (Å²) in [6, 6.07) is 6.73. The first-order chi connectivity index (χ1) is 9.86. The van der Waals surface area contributed by atoms with Crippen LogP contribution in [-0.2, 0) is 16.4 Å². The van der Waals surface area contributed by atoms with Gasteiger partial charge in [-0.05, 0) is 24.6 Å². The molecule has 1 heterocycles. The summed E-state index contributed by atoms with van der Waals surface area (Å²) < 4.78 is 22.8. The van der Waals surface area contributed by atoms with Crippen LogP contribution in [0.1, 0.15) is 18.9 Å². The van der Waals surface area contributed by atoms with E-state index in [0.29, 0.717) is 17.4 Å². The van der Waals surface area contributed by atoms with Crippen molar-refractivity contribution >= 4 is 21.2 Å². The highest BCUT2D eigenvalue weighted by Crippen LogP contribution is 2.24. The maximum atomic E-state index is 11.4. The number of rotatable bonds is 6. The molecule has 1 aromatic heterocycles. The van der Waals surface area contributed by atoms with E-state index in [0.717, 1.165) is 22.1 Å². The second kappa shape index (κ2) is 6.64. The molecule has 7 heteroatoms. The third-order valence-corrected chi connectivity index (χ3v) is 4.93. The summed E-state index contributed by atoms with van der Waals surface area (Å²) >= 11 is 1.52. The molecule has 1 aromatic carbocycles. The van der Waals surface area contributed by atoms with Crippen LogP contribution in [0, 0.1) is 5.92 Å². The average Bonchev–Trinajstić information content (AvgIpc) is 2.86. The van der Waals surface area contributed by atoms with Crippen LogP contribution in [0.2, 0.25) is 0 Å². The Balaban J connectivity index is 2.07. The third-order valence-electron chi connectivity index (χ3n) is 2.83. The second-order valence-electron chi connectivity index (χ2n) is 5.32. The lowest BCUT2D eigenvalue weighted by molar-refractivity contribution is 0.550. The topological polar surface area (TPSA) is 72.0 Å². The molecular weight excluding hydrogens is 306 g/mol. The molecule has 0 aliphatic heterocycles. The van der Waals surface area contributed by atoms with Crippen molar-refractivity contribution in [1.29, 1.82) is 0 Å². The quantitative estimate of drug-likeness (QED) is 0.882. The van der Waals surface area contributed by atoms with Gasteiger partial charge in [-0.1, -0.05) is 37.3 Å². The van der Waals surface area contributed by atoms with Crippen molar-refractivity contribution in [3.63, 3.8) is 0 Å². The maximum Gasteiger partial charge on any atom is 0.175 e. The van der Waals surface area contributed by atoms with Crippen molar-refractivity contribution in [2.45, 2.75) is 25.3 Å². The monoisotopic (exact) mass is 325 g/mol. The molecule has 0 fully saturated rings. The van der Waals surface area contributed by atoms with E-state index >= 15 is 0 Å². The number of benzene rings is 1. The fraction of sp³-hybridized carbons (Fsp3) is 0.429. The average molecular weight is 325 g/mol. The van der Waals surface area contributed by atoms with Gasteiger partial charge in [0, 0.05) is 18.4 Å². The molecule has 0 amide bonds. The normalized spacial score (nSPS) is 12.0. The maximum absolute atomic E-state index is 11.4. The van der Waals surface area contributed by atoms with Crippen LogP contribution >= 0.6 is 11.3 Å². The number of nitrogens with one attached hydrogen (secondary N) is 1. The largest absolute Gasteiger partial charge is 0.310 e. The van der Waals surface area contributed by atoms with Crippen molar-refractivity contribution in [1.82, 2.24) is 15.5 Å². The van der Waals surface area contributed by atoms with E-state index < -0.39 is 9.84 Å². The number of nitrogens with zero attached hydrogens (tertiary/aromatic N) is 2. The van der Waals surface area contributed by atoms with Gasteiger partial charge in [0.2, 0.25) is 0 Å². The van der Waals surface area contributed by atoms with Crippen molar-refractivity contribution in [2.75, 3.05) is 12.8 Å². The van der Waals surface area contributed by atoms with Gasteiger partial charge in [0.15, 0.2) is 9.84 Å². The highest BCUT2D eigenvalue weighted by Gasteiger charge is 2.10. The summed E-state index contributed by atoms with van der Waals surface area (Å²) in [6.07, 6.45) is 1.20. The Labute approximate surface area is 129 Å².